The average Bonchev–Trinajstić information content (AvgIpc) is 2.87. The third kappa shape index (κ3) is 2.00. The second-order valence-electron chi connectivity index (χ2n) is 4.34. The van der Waals surface area contributed by atoms with Crippen LogP contribution in [0.5, 0.6) is 0 Å². The molecule has 18 heavy (non-hydrogen) atoms. The molecular weight excluding hydrogens is 228 g/mol. The lowest BCUT2D eigenvalue weighted by Crippen LogP contribution is -2.46. The smallest absolute Gasteiger partial charge is 0.157 e. The number of nitrogens with zero attached hydrogens (tertiary/aromatic N) is 6. The van der Waals surface area contributed by atoms with Crippen LogP contribution in [0.2, 0.25) is 0 Å². The van der Waals surface area contributed by atoms with Gasteiger partial charge in [0, 0.05) is 38.4 Å². The molecule has 0 amide bonds. The summed E-state index contributed by atoms with van der Waals surface area (Å²) in [5.74, 6) is 0.986. The fourth-order valence-corrected chi connectivity index (χ4v) is 2.21. The summed E-state index contributed by atoms with van der Waals surface area (Å²) in [4.78, 5) is 8.98. The van der Waals surface area contributed by atoms with Gasteiger partial charge in [0.05, 0.1) is 18.8 Å². The summed E-state index contributed by atoms with van der Waals surface area (Å²) in [5, 5.41) is 12.8. The van der Waals surface area contributed by atoms with Crippen molar-refractivity contribution in [2.24, 2.45) is 0 Å². The zero-order valence-corrected chi connectivity index (χ0v) is 10.0. The number of fused-ring (bicyclic) bond motifs is 1. The number of piperazine rings is 1. The van der Waals surface area contributed by atoms with E-state index in [1.165, 1.54) is 0 Å². The molecule has 1 aliphatic heterocycles. The first-order valence-electron chi connectivity index (χ1n) is 6.01. The molecule has 1 fully saturated rings. The minimum absolute atomic E-state index is 0.517. The fraction of sp³-hybridized carbons (Fsp3) is 0.417. The second kappa shape index (κ2) is 4.63. The van der Waals surface area contributed by atoms with Gasteiger partial charge in [-0.3, -0.25) is 4.90 Å². The van der Waals surface area contributed by atoms with Crippen LogP contribution in [0.25, 0.3) is 5.65 Å². The molecule has 92 valence electrons. The van der Waals surface area contributed by atoms with Crippen molar-refractivity contribution in [3.8, 4) is 6.07 Å². The molecule has 3 rings (SSSR count). The lowest BCUT2D eigenvalue weighted by atomic mass is 10.3. The highest BCUT2D eigenvalue weighted by atomic mass is 15.3. The van der Waals surface area contributed by atoms with Gasteiger partial charge < -0.3 is 4.90 Å². The quantitative estimate of drug-likeness (QED) is 0.712. The number of rotatable bonds is 2. The van der Waals surface area contributed by atoms with Crippen LogP contribution in [0.1, 0.15) is 0 Å². The van der Waals surface area contributed by atoms with Gasteiger partial charge in [0.2, 0.25) is 0 Å². The summed E-state index contributed by atoms with van der Waals surface area (Å²) < 4.78 is 1.76. The van der Waals surface area contributed by atoms with Crippen molar-refractivity contribution in [2.75, 3.05) is 37.6 Å². The van der Waals surface area contributed by atoms with Crippen molar-refractivity contribution in [3.05, 3.63) is 24.5 Å². The van der Waals surface area contributed by atoms with E-state index in [9.17, 15) is 0 Å². The molecule has 0 spiro atoms. The normalized spacial score (nSPS) is 16.9. The van der Waals surface area contributed by atoms with E-state index >= 15 is 0 Å². The molecule has 1 saturated heterocycles. The summed E-state index contributed by atoms with van der Waals surface area (Å²) in [5.41, 5.74) is 0.868. The van der Waals surface area contributed by atoms with Crippen molar-refractivity contribution >= 4 is 11.5 Å². The van der Waals surface area contributed by atoms with Crippen molar-refractivity contribution in [3.63, 3.8) is 0 Å². The highest BCUT2D eigenvalue weighted by molar-refractivity contribution is 5.47. The minimum atomic E-state index is 0.517. The molecule has 3 heterocycles. The van der Waals surface area contributed by atoms with Gasteiger partial charge in [0.1, 0.15) is 5.82 Å². The number of aromatic nitrogens is 3. The lowest BCUT2D eigenvalue weighted by Gasteiger charge is -2.34. The third-order valence-electron chi connectivity index (χ3n) is 3.23. The van der Waals surface area contributed by atoms with Crippen LogP contribution in [0.15, 0.2) is 24.5 Å². The molecule has 0 saturated carbocycles. The molecule has 0 aromatic carbocycles. The molecule has 0 radical (unpaired) electrons. The fourth-order valence-electron chi connectivity index (χ4n) is 2.21. The largest absolute Gasteiger partial charge is 0.354 e. The topological polar surface area (TPSA) is 60.5 Å². The van der Waals surface area contributed by atoms with E-state index < -0.39 is 0 Å². The number of nitriles is 1. The number of hydrogen-bond acceptors (Lipinski definition) is 5. The second-order valence-corrected chi connectivity index (χ2v) is 4.34. The van der Waals surface area contributed by atoms with Gasteiger partial charge >= 0.3 is 0 Å². The standard InChI is InChI=1S/C12H14N6/c13-3-6-16-7-9-17(10-8-16)11-2-5-18-12(15-11)1-4-14-18/h1-2,4-5H,6-10H2. The Balaban J connectivity index is 1.74. The van der Waals surface area contributed by atoms with Crippen LogP contribution >= 0.6 is 0 Å². The summed E-state index contributed by atoms with van der Waals surface area (Å²) in [6.07, 6.45) is 3.68. The maximum absolute atomic E-state index is 8.67. The van der Waals surface area contributed by atoms with Gasteiger partial charge in [-0.25, -0.2) is 9.50 Å². The van der Waals surface area contributed by atoms with Crippen molar-refractivity contribution in [1.29, 1.82) is 5.26 Å². The van der Waals surface area contributed by atoms with E-state index in [-0.39, 0.29) is 0 Å². The molecule has 0 bridgehead atoms. The van der Waals surface area contributed by atoms with Crippen LogP contribution in [-0.4, -0.2) is 52.2 Å². The molecule has 0 aliphatic carbocycles. The average molecular weight is 242 g/mol. The summed E-state index contributed by atoms with van der Waals surface area (Å²) in [6.45, 7) is 4.18. The molecule has 1 aliphatic rings. The molecule has 0 unspecified atom stereocenters. The summed E-state index contributed by atoms with van der Waals surface area (Å²) in [6, 6.07) is 6.08. The van der Waals surface area contributed by atoms with Gasteiger partial charge in [-0.05, 0) is 6.07 Å². The maximum Gasteiger partial charge on any atom is 0.157 e. The Morgan fingerprint density at radius 1 is 1.22 bits per heavy atom. The first kappa shape index (κ1) is 11.0. The van der Waals surface area contributed by atoms with Gasteiger partial charge in [-0.2, -0.15) is 10.4 Å². The highest BCUT2D eigenvalue weighted by Crippen LogP contribution is 2.14. The molecule has 0 atom stereocenters. The number of hydrogen-bond donors (Lipinski definition) is 0. The highest BCUT2D eigenvalue weighted by Gasteiger charge is 2.17. The monoisotopic (exact) mass is 242 g/mol. The van der Waals surface area contributed by atoms with Gasteiger partial charge in [-0.1, -0.05) is 0 Å². The van der Waals surface area contributed by atoms with Crippen LogP contribution in [0.4, 0.5) is 5.82 Å². The Hall–Kier alpha value is -2.13. The summed E-state index contributed by atoms with van der Waals surface area (Å²) in [7, 11) is 0. The molecule has 6 heteroatoms. The van der Waals surface area contributed by atoms with Gasteiger partial charge in [0.15, 0.2) is 5.65 Å². The van der Waals surface area contributed by atoms with Gasteiger partial charge in [0.25, 0.3) is 0 Å². The molecule has 0 N–H and O–H groups in total. The Bertz CT molecular complexity index is 576. The Labute approximate surface area is 105 Å². The van der Waals surface area contributed by atoms with E-state index in [2.05, 4.69) is 26.0 Å². The zero-order chi connectivity index (χ0) is 12.4. The van der Waals surface area contributed by atoms with E-state index in [1.54, 1.807) is 10.7 Å². The molecule has 6 nitrogen and oxygen atoms in total. The lowest BCUT2D eigenvalue weighted by molar-refractivity contribution is 0.286. The van der Waals surface area contributed by atoms with E-state index in [1.807, 2.05) is 18.3 Å². The SMILES string of the molecule is N#CCN1CCN(c2ccn3nccc3n2)CC1. The first-order valence-corrected chi connectivity index (χ1v) is 6.01. The van der Waals surface area contributed by atoms with Crippen LogP contribution in [-0.2, 0) is 0 Å². The third-order valence-corrected chi connectivity index (χ3v) is 3.23. The Morgan fingerprint density at radius 2 is 2.06 bits per heavy atom. The minimum Gasteiger partial charge on any atom is -0.354 e. The van der Waals surface area contributed by atoms with E-state index in [4.69, 9.17) is 5.26 Å². The molecule has 2 aromatic heterocycles. The maximum atomic E-state index is 8.67. The van der Waals surface area contributed by atoms with Crippen LogP contribution in [0.3, 0.4) is 0 Å². The van der Waals surface area contributed by atoms with E-state index in [0.29, 0.717) is 6.54 Å². The zero-order valence-electron chi connectivity index (χ0n) is 10.0. The predicted molar refractivity (Wildman–Crippen MR) is 67.3 cm³/mol. The predicted octanol–water partition coefficient (Wildman–Crippen LogP) is 0.375. The first-order chi connectivity index (χ1) is 8.86. The number of anilines is 1. The van der Waals surface area contributed by atoms with Crippen molar-refractivity contribution in [1.82, 2.24) is 19.5 Å². The van der Waals surface area contributed by atoms with Gasteiger partial charge in [-0.15, -0.1) is 0 Å². The Kier molecular flexibility index (Phi) is 2.82. The molecular formula is C12H14N6. The Morgan fingerprint density at radius 3 is 2.83 bits per heavy atom. The van der Waals surface area contributed by atoms with Crippen LogP contribution in [0, 0.1) is 11.3 Å². The molecule has 2 aromatic rings. The van der Waals surface area contributed by atoms with Crippen molar-refractivity contribution < 1.29 is 0 Å². The summed E-state index contributed by atoms with van der Waals surface area (Å²) >= 11 is 0. The van der Waals surface area contributed by atoms with Crippen LogP contribution < -0.4 is 4.90 Å². The van der Waals surface area contributed by atoms with Crippen molar-refractivity contribution in [2.45, 2.75) is 0 Å². The van der Waals surface area contributed by atoms with E-state index in [0.717, 1.165) is 37.6 Å².